The average molecular weight is 668 g/mol. The summed E-state index contributed by atoms with van der Waals surface area (Å²) < 4.78 is 8.97. The van der Waals surface area contributed by atoms with Crippen LogP contribution in [0.4, 0.5) is 17.1 Å². The predicted molar refractivity (Wildman–Crippen MR) is 219 cm³/mol. The van der Waals surface area contributed by atoms with Gasteiger partial charge in [0, 0.05) is 54.1 Å². The summed E-state index contributed by atoms with van der Waals surface area (Å²) in [5.41, 5.74) is 7.48. The fraction of sp³-hybridized carbons (Fsp3) is 0. The normalized spacial score (nSPS) is 11.9. The van der Waals surface area contributed by atoms with E-state index >= 15 is 0 Å². The minimum absolute atomic E-state index is 0.882. The summed E-state index contributed by atoms with van der Waals surface area (Å²) in [6.07, 6.45) is 0. The molecule has 0 bridgehead atoms. The molecule has 0 fully saturated rings. The fourth-order valence-corrected chi connectivity index (χ4v) is 9.19. The Morgan fingerprint density at radius 2 is 0.980 bits per heavy atom. The molecule has 2 aromatic heterocycles. The Morgan fingerprint density at radius 3 is 1.84 bits per heavy atom. The van der Waals surface area contributed by atoms with Crippen molar-refractivity contribution in [3.8, 4) is 11.1 Å². The Hall–Kier alpha value is -6.42. The molecule has 11 rings (SSSR count). The number of benzene rings is 9. The number of para-hydroxylation sites is 1. The maximum absolute atomic E-state index is 6.39. The summed E-state index contributed by atoms with van der Waals surface area (Å²) in [7, 11) is 0. The molecule has 11 aromatic rings. The first-order valence-electron chi connectivity index (χ1n) is 17.3. The van der Waals surface area contributed by atoms with Gasteiger partial charge in [0.15, 0.2) is 0 Å². The number of thiophene rings is 1. The highest BCUT2D eigenvalue weighted by Crippen LogP contribution is 2.44. The van der Waals surface area contributed by atoms with E-state index in [2.05, 4.69) is 169 Å². The van der Waals surface area contributed by atoms with Gasteiger partial charge in [-0.15, -0.1) is 11.3 Å². The van der Waals surface area contributed by atoms with Crippen LogP contribution in [0, 0.1) is 0 Å². The third-order valence-electron chi connectivity index (χ3n) is 10.4. The molecule has 0 aliphatic rings. The van der Waals surface area contributed by atoms with Gasteiger partial charge in [-0.3, -0.25) is 0 Å². The van der Waals surface area contributed by atoms with Crippen molar-refractivity contribution in [2.75, 3.05) is 4.90 Å². The first-order valence-corrected chi connectivity index (χ1v) is 18.1. The molecule has 0 aliphatic carbocycles. The van der Waals surface area contributed by atoms with Crippen LogP contribution in [0.3, 0.4) is 0 Å². The molecule has 0 radical (unpaired) electrons. The molecule has 0 saturated heterocycles. The number of nitrogens with zero attached hydrogens (tertiary/aromatic N) is 1. The van der Waals surface area contributed by atoms with Gasteiger partial charge in [0.2, 0.25) is 0 Å². The van der Waals surface area contributed by atoms with Crippen LogP contribution in [0.15, 0.2) is 180 Å². The van der Waals surface area contributed by atoms with Crippen LogP contribution >= 0.6 is 11.3 Å². The first kappa shape index (κ1) is 28.4. The van der Waals surface area contributed by atoms with Gasteiger partial charge in [0.25, 0.3) is 0 Å². The fourth-order valence-electron chi connectivity index (χ4n) is 8.05. The van der Waals surface area contributed by atoms with Crippen molar-refractivity contribution in [3.05, 3.63) is 176 Å². The zero-order chi connectivity index (χ0) is 33.5. The molecule has 0 saturated carbocycles. The van der Waals surface area contributed by atoms with Crippen LogP contribution in [0.1, 0.15) is 0 Å². The van der Waals surface area contributed by atoms with Gasteiger partial charge in [-0.2, -0.15) is 0 Å². The summed E-state index contributed by atoms with van der Waals surface area (Å²) in [6, 6.07) is 63.9. The van der Waals surface area contributed by atoms with Gasteiger partial charge in [-0.05, 0) is 98.0 Å². The van der Waals surface area contributed by atoms with E-state index in [1.807, 2.05) is 23.5 Å². The highest BCUT2D eigenvalue weighted by Gasteiger charge is 2.18. The second-order valence-electron chi connectivity index (χ2n) is 13.3. The minimum atomic E-state index is 0.882. The molecular weight excluding hydrogens is 639 g/mol. The highest BCUT2D eigenvalue weighted by atomic mass is 32.1. The number of anilines is 3. The van der Waals surface area contributed by atoms with E-state index in [1.54, 1.807) is 0 Å². The van der Waals surface area contributed by atoms with E-state index in [1.165, 1.54) is 63.6 Å². The molecule has 0 aliphatic heterocycles. The lowest BCUT2D eigenvalue weighted by molar-refractivity contribution is 0.669. The van der Waals surface area contributed by atoms with Crippen LogP contribution in [0.2, 0.25) is 0 Å². The van der Waals surface area contributed by atoms with E-state index in [9.17, 15) is 0 Å². The smallest absolute Gasteiger partial charge is 0.137 e. The summed E-state index contributed by atoms with van der Waals surface area (Å²) >= 11 is 1.85. The van der Waals surface area contributed by atoms with Crippen molar-refractivity contribution in [2.45, 2.75) is 0 Å². The molecule has 51 heavy (non-hydrogen) atoms. The molecule has 2 heterocycles. The lowest BCUT2D eigenvalue weighted by atomic mass is 9.90. The maximum Gasteiger partial charge on any atom is 0.137 e. The van der Waals surface area contributed by atoms with Gasteiger partial charge < -0.3 is 9.32 Å². The molecule has 0 unspecified atom stereocenters. The highest BCUT2D eigenvalue weighted by molar-refractivity contribution is 7.25. The van der Waals surface area contributed by atoms with Gasteiger partial charge in [0.1, 0.15) is 11.2 Å². The monoisotopic (exact) mass is 667 g/mol. The maximum atomic E-state index is 6.39. The van der Waals surface area contributed by atoms with Crippen LogP contribution in [0.25, 0.3) is 85.6 Å². The quantitative estimate of drug-likeness (QED) is 0.174. The molecule has 238 valence electrons. The van der Waals surface area contributed by atoms with Crippen molar-refractivity contribution >= 4 is 103 Å². The zero-order valence-corrected chi connectivity index (χ0v) is 28.3. The number of fused-ring (bicyclic) bond motifs is 11. The Labute approximate surface area is 298 Å². The largest absolute Gasteiger partial charge is 0.456 e. The van der Waals surface area contributed by atoms with Crippen LogP contribution in [0.5, 0.6) is 0 Å². The second-order valence-corrected chi connectivity index (χ2v) is 14.4. The number of hydrogen-bond donors (Lipinski definition) is 0. The summed E-state index contributed by atoms with van der Waals surface area (Å²) in [5.74, 6) is 0. The Kier molecular flexibility index (Phi) is 6.16. The van der Waals surface area contributed by atoms with E-state index in [4.69, 9.17) is 4.42 Å². The molecule has 9 aromatic carbocycles. The van der Waals surface area contributed by atoms with Gasteiger partial charge in [-0.1, -0.05) is 115 Å². The lowest BCUT2D eigenvalue weighted by Gasteiger charge is -2.26. The van der Waals surface area contributed by atoms with Crippen LogP contribution in [-0.4, -0.2) is 0 Å². The predicted octanol–water partition coefficient (Wildman–Crippen LogP) is 14.6. The van der Waals surface area contributed by atoms with Crippen LogP contribution in [-0.2, 0) is 0 Å². The molecule has 0 amide bonds. The lowest BCUT2D eigenvalue weighted by Crippen LogP contribution is -2.09. The van der Waals surface area contributed by atoms with E-state index in [0.29, 0.717) is 0 Å². The minimum Gasteiger partial charge on any atom is -0.456 e. The summed E-state index contributed by atoms with van der Waals surface area (Å²) in [6.45, 7) is 0. The van der Waals surface area contributed by atoms with E-state index in [0.717, 1.165) is 39.0 Å². The SMILES string of the molecule is c1ccc2c(c1)cc(-c1ccc(N(c3ccc4c(c3)oc3ccccc34)c3ccc4c(c3)sc3ccccc34)cc1)c1c3ccccc3ccc21. The molecule has 3 heteroatoms. The third-order valence-corrected chi connectivity index (χ3v) is 11.6. The van der Waals surface area contributed by atoms with E-state index in [-0.39, 0.29) is 0 Å². The molecular formula is C48H29NOS. The Bertz CT molecular complexity index is 3040. The first-order chi connectivity index (χ1) is 25.3. The Balaban J connectivity index is 1.11. The number of rotatable bonds is 4. The van der Waals surface area contributed by atoms with Gasteiger partial charge in [-0.25, -0.2) is 0 Å². The molecule has 2 nitrogen and oxygen atoms in total. The second kappa shape index (κ2) is 11.0. The molecule has 0 atom stereocenters. The van der Waals surface area contributed by atoms with Gasteiger partial charge in [0.05, 0.1) is 0 Å². The van der Waals surface area contributed by atoms with Crippen molar-refractivity contribution in [1.82, 2.24) is 0 Å². The Morgan fingerprint density at radius 1 is 0.373 bits per heavy atom. The van der Waals surface area contributed by atoms with Crippen molar-refractivity contribution in [3.63, 3.8) is 0 Å². The van der Waals surface area contributed by atoms with Gasteiger partial charge >= 0.3 is 0 Å². The number of furan rings is 1. The van der Waals surface area contributed by atoms with Crippen molar-refractivity contribution in [1.29, 1.82) is 0 Å². The standard InChI is InChI=1S/C48H29NOS/c1-4-12-37-30(9-1)19-24-42-36-11-3-2-10-32(36)27-43(48(37)42)31-17-20-33(21-18-31)49(34-22-25-39-38-13-5-7-15-44(38)50-45(39)28-34)35-23-26-41-40-14-6-8-16-46(40)51-47(41)29-35/h1-29H. The van der Waals surface area contributed by atoms with E-state index < -0.39 is 0 Å². The van der Waals surface area contributed by atoms with Crippen LogP contribution < -0.4 is 4.90 Å². The number of hydrogen-bond acceptors (Lipinski definition) is 3. The zero-order valence-electron chi connectivity index (χ0n) is 27.5. The molecule has 0 spiro atoms. The third kappa shape index (κ3) is 4.42. The molecule has 0 N–H and O–H groups in total. The average Bonchev–Trinajstić information content (AvgIpc) is 3.75. The topological polar surface area (TPSA) is 16.4 Å². The van der Waals surface area contributed by atoms with Crippen molar-refractivity contribution in [2.24, 2.45) is 0 Å². The summed E-state index contributed by atoms with van der Waals surface area (Å²) in [5, 5.41) is 12.5. The van der Waals surface area contributed by atoms with Crippen molar-refractivity contribution < 1.29 is 4.42 Å². The summed E-state index contributed by atoms with van der Waals surface area (Å²) in [4.78, 5) is 2.36.